The highest BCUT2D eigenvalue weighted by Crippen LogP contribution is 2.19. The Morgan fingerprint density at radius 2 is 1.58 bits per heavy atom. The summed E-state index contributed by atoms with van der Waals surface area (Å²) in [6.07, 6.45) is 1.46. The van der Waals surface area contributed by atoms with Gasteiger partial charge in [-0.3, -0.25) is 0 Å². The Hall–Kier alpha value is -1.93. The van der Waals surface area contributed by atoms with E-state index in [-0.39, 0.29) is 5.92 Å². The lowest BCUT2D eigenvalue weighted by atomic mass is 9.97. The van der Waals surface area contributed by atoms with E-state index in [1.54, 1.807) is 0 Å². The summed E-state index contributed by atoms with van der Waals surface area (Å²) in [5, 5.41) is 0. The van der Waals surface area contributed by atoms with Crippen LogP contribution in [0.4, 0.5) is 0 Å². The van der Waals surface area contributed by atoms with Crippen LogP contribution in [0.5, 0.6) is 0 Å². The van der Waals surface area contributed by atoms with Crippen LogP contribution in [0.1, 0.15) is 23.5 Å². The lowest BCUT2D eigenvalue weighted by Gasteiger charge is -2.15. The third-order valence-electron chi connectivity index (χ3n) is 3.08. The number of carbonyl (C=O) groups excluding carboxylic acids is 1. The van der Waals surface area contributed by atoms with Gasteiger partial charge in [0.2, 0.25) is 0 Å². The zero-order valence-electron chi connectivity index (χ0n) is 10.9. The molecule has 0 bridgehead atoms. The van der Waals surface area contributed by atoms with Crippen LogP contribution in [-0.2, 0) is 16.1 Å². The molecule has 0 spiro atoms. The third kappa shape index (κ3) is 4.34. The Balaban J connectivity index is 1.89. The summed E-state index contributed by atoms with van der Waals surface area (Å²) in [5.74, 6) is 0.141. The Kier molecular flexibility index (Phi) is 5.32. The molecule has 0 heterocycles. The zero-order valence-corrected chi connectivity index (χ0v) is 10.9. The van der Waals surface area contributed by atoms with Crippen molar-refractivity contribution in [2.45, 2.75) is 18.9 Å². The maximum absolute atomic E-state index is 10.8. The van der Waals surface area contributed by atoms with E-state index in [0.717, 1.165) is 17.4 Å². The van der Waals surface area contributed by atoms with Gasteiger partial charge < -0.3 is 9.53 Å². The Morgan fingerprint density at radius 3 is 2.21 bits per heavy atom. The fourth-order valence-corrected chi connectivity index (χ4v) is 2.03. The van der Waals surface area contributed by atoms with Gasteiger partial charge in [-0.2, -0.15) is 0 Å². The van der Waals surface area contributed by atoms with Gasteiger partial charge in [-0.1, -0.05) is 60.7 Å². The minimum absolute atomic E-state index is 0.141. The van der Waals surface area contributed by atoms with Crippen molar-refractivity contribution in [1.29, 1.82) is 0 Å². The zero-order chi connectivity index (χ0) is 13.3. The van der Waals surface area contributed by atoms with Crippen molar-refractivity contribution in [3.8, 4) is 0 Å². The van der Waals surface area contributed by atoms with Crippen LogP contribution in [0.3, 0.4) is 0 Å². The van der Waals surface area contributed by atoms with Gasteiger partial charge in [0.25, 0.3) is 0 Å². The molecule has 0 aliphatic rings. The molecule has 0 N–H and O–H groups in total. The van der Waals surface area contributed by atoms with Crippen molar-refractivity contribution in [3.05, 3.63) is 71.8 Å². The molecule has 2 aromatic carbocycles. The lowest BCUT2D eigenvalue weighted by molar-refractivity contribution is -0.108. The largest absolute Gasteiger partial charge is 0.376 e. The van der Waals surface area contributed by atoms with Crippen molar-refractivity contribution >= 4 is 6.29 Å². The summed E-state index contributed by atoms with van der Waals surface area (Å²) in [4.78, 5) is 10.8. The first-order chi connectivity index (χ1) is 9.40. The molecule has 2 heteroatoms. The number of rotatable bonds is 7. The second-order valence-corrected chi connectivity index (χ2v) is 4.51. The fraction of sp³-hybridized carbons (Fsp3) is 0.235. The van der Waals surface area contributed by atoms with Crippen molar-refractivity contribution in [1.82, 2.24) is 0 Å². The van der Waals surface area contributed by atoms with Crippen molar-refractivity contribution in [2.75, 3.05) is 6.61 Å². The van der Waals surface area contributed by atoms with E-state index < -0.39 is 0 Å². The van der Waals surface area contributed by atoms with Crippen LogP contribution in [-0.4, -0.2) is 12.9 Å². The molecule has 0 fully saturated rings. The average molecular weight is 254 g/mol. The maximum atomic E-state index is 10.8. The van der Waals surface area contributed by atoms with Gasteiger partial charge in [-0.15, -0.1) is 0 Å². The Morgan fingerprint density at radius 1 is 0.947 bits per heavy atom. The first kappa shape index (κ1) is 13.5. The number of benzene rings is 2. The van der Waals surface area contributed by atoms with E-state index >= 15 is 0 Å². The van der Waals surface area contributed by atoms with Crippen LogP contribution in [0.15, 0.2) is 60.7 Å². The summed E-state index contributed by atoms with van der Waals surface area (Å²) >= 11 is 0. The summed E-state index contributed by atoms with van der Waals surface area (Å²) < 4.78 is 5.73. The van der Waals surface area contributed by atoms with E-state index in [0.29, 0.717) is 19.6 Å². The molecule has 0 saturated carbocycles. The highest BCUT2D eigenvalue weighted by atomic mass is 16.5. The molecule has 0 aromatic heterocycles. The topological polar surface area (TPSA) is 26.3 Å². The molecule has 2 nitrogen and oxygen atoms in total. The molecular weight excluding hydrogens is 236 g/mol. The quantitative estimate of drug-likeness (QED) is 0.706. The predicted molar refractivity (Wildman–Crippen MR) is 76.0 cm³/mol. The van der Waals surface area contributed by atoms with Crippen molar-refractivity contribution < 1.29 is 9.53 Å². The minimum Gasteiger partial charge on any atom is -0.376 e. The number of hydrogen-bond acceptors (Lipinski definition) is 2. The smallest absolute Gasteiger partial charge is 0.120 e. The van der Waals surface area contributed by atoms with Crippen LogP contribution in [0.2, 0.25) is 0 Å². The van der Waals surface area contributed by atoms with Crippen LogP contribution >= 0.6 is 0 Å². The molecule has 0 aliphatic carbocycles. The van der Waals surface area contributed by atoms with Gasteiger partial charge in [0.05, 0.1) is 13.2 Å². The first-order valence-corrected chi connectivity index (χ1v) is 6.50. The monoisotopic (exact) mass is 254 g/mol. The number of ether oxygens (including phenoxy) is 1. The summed E-state index contributed by atoms with van der Waals surface area (Å²) in [6.45, 7) is 1.15. The molecule has 98 valence electrons. The van der Waals surface area contributed by atoms with E-state index in [2.05, 4.69) is 0 Å². The number of aldehydes is 1. The van der Waals surface area contributed by atoms with E-state index in [1.807, 2.05) is 60.7 Å². The maximum Gasteiger partial charge on any atom is 0.120 e. The average Bonchev–Trinajstić information content (AvgIpc) is 2.48. The van der Waals surface area contributed by atoms with E-state index in [1.165, 1.54) is 0 Å². The highest BCUT2D eigenvalue weighted by molar-refractivity contribution is 5.51. The summed E-state index contributed by atoms with van der Waals surface area (Å²) in [6, 6.07) is 20.1. The SMILES string of the molecule is O=CC[C@H](COCc1ccccc1)c1ccccc1. The molecule has 2 aromatic rings. The molecule has 1 atom stereocenters. The molecule has 0 amide bonds. The first-order valence-electron chi connectivity index (χ1n) is 6.50. The van der Waals surface area contributed by atoms with E-state index in [9.17, 15) is 4.79 Å². The van der Waals surface area contributed by atoms with Crippen molar-refractivity contribution in [3.63, 3.8) is 0 Å². The van der Waals surface area contributed by atoms with Gasteiger partial charge >= 0.3 is 0 Å². The van der Waals surface area contributed by atoms with Gasteiger partial charge in [-0.05, 0) is 11.1 Å². The lowest BCUT2D eigenvalue weighted by Crippen LogP contribution is -2.08. The molecule has 0 saturated heterocycles. The molecule has 0 radical (unpaired) electrons. The minimum atomic E-state index is 0.141. The Labute approximate surface area is 114 Å². The fourth-order valence-electron chi connectivity index (χ4n) is 2.03. The summed E-state index contributed by atoms with van der Waals surface area (Å²) in [7, 11) is 0. The standard InChI is InChI=1S/C17H18O2/c18-12-11-17(16-9-5-2-6-10-16)14-19-13-15-7-3-1-4-8-15/h1-10,12,17H,11,13-14H2/t17-/m1/s1. The second kappa shape index (κ2) is 7.49. The van der Waals surface area contributed by atoms with Crippen molar-refractivity contribution in [2.24, 2.45) is 0 Å². The van der Waals surface area contributed by atoms with E-state index in [4.69, 9.17) is 4.74 Å². The van der Waals surface area contributed by atoms with Gasteiger partial charge in [0.1, 0.15) is 6.29 Å². The summed E-state index contributed by atoms with van der Waals surface area (Å²) in [5.41, 5.74) is 2.31. The van der Waals surface area contributed by atoms with Gasteiger partial charge in [0, 0.05) is 12.3 Å². The molecule has 0 aliphatic heterocycles. The molecular formula is C17H18O2. The highest BCUT2D eigenvalue weighted by Gasteiger charge is 2.10. The van der Waals surface area contributed by atoms with Gasteiger partial charge in [-0.25, -0.2) is 0 Å². The molecule has 0 unspecified atom stereocenters. The number of carbonyl (C=O) groups is 1. The molecule has 19 heavy (non-hydrogen) atoms. The van der Waals surface area contributed by atoms with Crippen LogP contribution in [0, 0.1) is 0 Å². The normalized spacial score (nSPS) is 12.0. The Bertz CT molecular complexity index is 479. The number of hydrogen-bond donors (Lipinski definition) is 0. The van der Waals surface area contributed by atoms with Crippen LogP contribution in [0.25, 0.3) is 0 Å². The van der Waals surface area contributed by atoms with Gasteiger partial charge in [0.15, 0.2) is 0 Å². The predicted octanol–water partition coefficient (Wildman–Crippen LogP) is 3.58. The third-order valence-corrected chi connectivity index (χ3v) is 3.08. The second-order valence-electron chi connectivity index (χ2n) is 4.51. The van der Waals surface area contributed by atoms with Crippen LogP contribution < -0.4 is 0 Å². The molecule has 2 rings (SSSR count).